The van der Waals surface area contributed by atoms with Gasteiger partial charge in [-0.1, -0.05) is 25.1 Å². The second-order valence-corrected chi connectivity index (χ2v) is 13.1. The van der Waals surface area contributed by atoms with Crippen molar-refractivity contribution < 1.29 is 26.8 Å². The van der Waals surface area contributed by atoms with Crippen LogP contribution in [0.25, 0.3) is 33.2 Å². The lowest BCUT2D eigenvalue weighted by molar-refractivity contribution is 0.0702. The van der Waals surface area contributed by atoms with Crippen molar-refractivity contribution in [1.82, 2.24) is 9.88 Å². The zero-order chi connectivity index (χ0) is 30.5. The Kier molecular flexibility index (Phi) is 7.33. The number of Topliss-reactive ketones (excluding diaryl/α,β-unsaturated/α-hetero) is 1. The number of para-hydroxylation sites is 1. The number of rotatable bonds is 7. The van der Waals surface area contributed by atoms with Crippen LogP contribution in [-0.2, 0) is 10.0 Å². The van der Waals surface area contributed by atoms with Crippen LogP contribution in [0.2, 0.25) is 0 Å². The first-order chi connectivity index (χ1) is 20.5. The van der Waals surface area contributed by atoms with E-state index in [1.165, 1.54) is 23.5 Å². The van der Waals surface area contributed by atoms with Gasteiger partial charge in [0.15, 0.2) is 5.78 Å². The number of aromatic nitrogens is 1. The van der Waals surface area contributed by atoms with E-state index in [1.807, 2.05) is 36.4 Å². The summed E-state index contributed by atoms with van der Waals surface area (Å²) in [5.41, 5.74) is 3.79. The van der Waals surface area contributed by atoms with Crippen LogP contribution in [0.3, 0.4) is 0 Å². The van der Waals surface area contributed by atoms with Gasteiger partial charge < -0.3 is 14.3 Å². The van der Waals surface area contributed by atoms with E-state index in [-0.39, 0.29) is 24.0 Å². The van der Waals surface area contributed by atoms with Crippen molar-refractivity contribution in [2.75, 3.05) is 30.7 Å². The summed E-state index contributed by atoms with van der Waals surface area (Å²) in [7, 11) is -2.17. The maximum atomic E-state index is 13.7. The standard InChI is InChI=1S/C33H32FN3O5S/c1-4-29(38)31-25-17-24(22-9-7-15-37(19-22)33(39)27-16-21-8-5-6-10-26(21)35-27)28(36(2)43(3,40)41)18-30(25)42-32(31)20-11-13-23(34)14-12-20/h5-6,8,10-14,16-18,22,35H,4,7,9,15,19H2,1-3H3/t22-/m0/s1. The molecule has 2 aromatic heterocycles. The topological polar surface area (TPSA) is 104 Å². The minimum atomic E-state index is -3.66. The van der Waals surface area contributed by atoms with Gasteiger partial charge in [0.05, 0.1) is 17.5 Å². The van der Waals surface area contributed by atoms with E-state index < -0.39 is 15.8 Å². The molecule has 0 unspecified atom stereocenters. The number of nitrogens with one attached hydrogen (secondary N) is 1. The average molecular weight is 602 g/mol. The van der Waals surface area contributed by atoms with Crippen molar-refractivity contribution in [1.29, 1.82) is 0 Å². The van der Waals surface area contributed by atoms with Crippen LogP contribution in [0.15, 0.2) is 71.1 Å². The van der Waals surface area contributed by atoms with E-state index in [9.17, 15) is 22.4 Å². The lowest BCUT2D eigenvalue weighted by atomic mass is 9.87. The molecule has 1 aliphatic heterocycles. The highest BCUT2D eigenvalue weighted by atomic mass is 32.2. The summed E-state index contributed by atoms with van der Waals surface area (Å²) >= 11 is 0. The molecule has 0 spiro atoms. The molecule has 1 saturated heterocycles. The molecule has 1 N–H and O–H groups in total. The number of aromatic amines is 1. The minimum absolute atomic E-state index is 0.122. The quantitative estimate of drug-likeness (QED) is 0.208. The zero-order valence-electron chi connectivity index (χ0n) is 24.2. The van der Waals surface area contributed by atoms with Crippen molar-refractivity contribution in [3.8, 4) is 11.3 Å². The molecule has 8 nitrogen and oxygen atoms in total. The second-order valence-electron chi connectivity index (χ2n) is 11.1. The molecule has 0 saturated carbocycles. The number of hydrogen-bond acceptors (Lipinski definition) is 5. The van der Waals surface area contributed by atoms with Gasteiger partial charge in [0.1, 0.15) is 22.9 Å². The number of furan rings is 1. The third kappa shape index (κ3) is 5.31. The Hall–Kier alpha value is -4.44. The number of ketones is 1. The molecular formula is C33H32FN3O5S. The fourth-order valence-corrected chi connectivity index (χ4v) is 6.48. The molecule has 0 radical (unpaired) electrons. The summed E-state index contributed by atoms with van der Waals surface area (Å²) in [5.74, 6) is -0.562. The van der Waals surface area contributed by atoms with Gasteiger partial charge >= 0.3 is 0 Å². The van der Waals surface area contributed by atoms with Crippen LogP contribution in [-0.4, -0.2) is 56.4 Å². The molecule has 1 amide bonds. The van der Waals surface area contributed by atoms with E-state index in [1.54, 1.807) is 30.0 Å². The second kappa shape index (κ2) is 11.0. The van der Waals surface area contributed by atoms with Gasteiger partial charge in [0.25, 0.3) is 5.91 Å². The van der Waals surface area contributed by atoms with E-state index in [2.05, 4.69) is 4.98 Å². The Labute approximate surface area is 249 Å². The van der Waals surface area contributed by atoms with Gasteiger partial charge in [0, 0.05) is 60.4 Å². The largest absolute Gasteiger partial charge is 0.455 e. The van der Waals surface area contributed by atoms with Crippen LogP contribution >= 0.6 is 0 Å². The van der Waals surface area contributed by atoms with Gasteiger partial charge in [-0.2, -0.15) is 0 Å². The number of nitrogens with zero attached hydrogens (tertiary/aromatic N) is 2. The first-order valence-corrected chi connectivity index (χ1v) is 16.1. The number of halogens is 1. The molecule has 0 bridgehead atoms. The molecular weight excluding hydrogens is 569 g/mol. The van der Waals surface area contributed by atoms with Crippen molar-refractivity contribution >= 4 is 49.3 Å². The fraction of sp³-hybridized carbons (Fsp3) is 0.273. The summed E-state index contributed by atoms with van der Waals surface area (Å²) in [4.78, 5) is 31.9. The number of piperidine rings is 1. The average Bonchev–Trinajstić information content (AvgIpc) is 3.61. The number of carbonyl (C=O) groups excluding carboxylic acids is 2. The number of anilines is 1. The molecule has 5 aromatic rings. The normalized spacial score (nSPS) is 15.7. The molecule has 43 heavy (non-hydrogen) atoms. The highest BCUT2D eigenvalue weighted by Gasteiger charge is 2.32. The maximum absolute atomic E-state index is 13.7. The van der Waals surface area contributed by atoms with Crippen LogP contribution in [0.1, 0.15) is 58.5 Å². The summed E-state index contributed by atoms with van der Waals surface area (Å²) in [6.07, 6.45) is 2.81. The lowest BCUT2D eigenvalue weighted by Gasteiger charge is -2.34. The van der Waals surface area contributed by atoms with Gasteiger partial charge in [0.2, 0.25) is 10.0 Å². The molecule has 222 valence electrons. The summed E-state index contributed by atoms with van der Waals surface area (Å²) in [5, 5.41) is 1.51. The highest BCUT2D eigenvalue weighted by Crippen LogP contribution is 2.42. The lowest BCUT2D eigenvalue weighted by Crippen LogP contribution is -2.39. The van der Waals surface area contributed by atoms with Gasteiger partial charge in [-0.3, -0.25) is 13.9 Å². The third-order valence-corrected chi connectivity index (χ3v) is 9.48. The molecule has 3 aromatic carbocycles. The van der Waals surface area contributed by atoms with Crippen molar-refractivity contribution in [2.24, 2.45) is 0 Å². The molecule has 1 atom stereocenters. The SMILES string of the molecule is CCC(=O)c1c(-c2ccc(F)cc2)oc2cc(N(C)S(C)(=O)=O)c([C@H]3CCCN(C(=O)c4cc5ccccc5[nH]4)C3)cc12. The van der Waals surface area contributed by atoms with Crippen molar-refractivity contribution in [2.45, 2.75) is 32.1 Å². The van der Waals surface area contributed by atoms with Crippen LogP contribution in [0.5, 0.6) is 0 Å². The first kappa shape index (κ1) is 28.7. The molecule has 10 heteroatoms. The van der Waals surface area contributed by atoms with Gasteiger partial charge in [-0.15, -0.1) is 0 Å². The third-order valence-electron chi connectivity index (χ3n) is 8.29. The number of likely N-dealkylation sites (tertiary alicyclic amines) is 1. The Morgan fingerprint density at radius 1 is 1.09 bits per heavy atom. The number of sulfonamides is 1. The number of benzene rings is 3. The maximum Gasteiger partial charge on any atom is 0.270 e. The van der Waals surface area contributed by atoms with Crippen molar-refractivity contribution in [3.05, 3.63) is 89.4 Å². The Bertz CT molecular complexity index is 1940. The zero-order valence-corrected chi connectivity index (χ0v) is 25.0. The van der Waals surface area contributed by atoms with E-state index in [0.717, 1.165) is 30.0 Å². The summed E-state index contributed by atoms with van der Waals surface area (Å²) in [6, 6.07) is 18.8. The number of amides is 1. The van der Waals surface area contributed by atoms with E-state index >= 15 is 0 Å². The smallest absolute Gasteiger partial charge is 0.270 e. The summed E-state index contributed by atoms with van der Waals surface area (Å²) < 4.78 is 46.6. The molecule has 0 aliphatic carbocycles. The van der Waals surface area contributed by atoms with Crippen LogP contribution < -0.4 is 4.31 Å². The molecule has 1 aliphatic rings. The summed E-state index contributed by atoms with van der Waals surface area (Å²) in [6.45, 7) is 2.71. The predicted molar refractivity (Wildman–Crippen MR) is 166 cm³/mol. The van der Waals surface area contributed by atoms with Gasteiger partial charge in [-0.05, 0) is 60.9 Å². The minimum Gasteiger partial charge on any atom is -0.455 e. The fourth-order valence-electron chi connectivity index (χ4n) is 5.96. The Morgan fingerprint density at radius 2 is 1.84 bits per heavy atom. The number of H-pyrrole nitrogens is 1. The predicted octanol–water partition coefficient (Wildman–Crippen LogP) is 6.73. The first-order valence-electron chi connectivity index (χ1n) is 14.3. The number of hydrogen-bond donors (Lipinski definition) is 1. The molecule has 6 rings (SSSR count). The van der Waals surface area contributed by atoms with Gasteiger partial charge in [-0.25, -0.2) is 12.8 Å². The Morgan fingerprint density at radius 3 is 2.53 bits per heavy atom. The Balaban J connectivity index is 1.46. The molecule has 1 fully saturated rings. The van der Waals surface area contributed by atoms with Crippen molar-refractivity contribution in [3.63, 3.8) is 0 Å². The van der Waals surface area contributed by atoms with E-state index in [4.69, 9.17) is 4.42 Å². The molecule has 3 heterocycles. The van der Waals surface area contributed by atoms with Crippen LogP contribution in [0, 0.1) is 5.82 Å². The van der Waals surface area contributed by atoms with Crippen LogP contribution in [0.4, 0.5) is 10.1 Å². The number of carbonyl (C=O) groups is 2. The van der Waals surface area contributed by atoms with E-state index in [0.29, 0.717) is 57.9 Å². The number of fused-ring (bicyclic) bond motifs is 2. The monoisotopic (exact) mass is 601 g/mol. The highest BCUT2D eigenvalue weighted by molar-refractivity contribution is 7.92.